The third-order valence-corrected chi connectivity index (χ3v) is 5.15. The second kappa shape index (κ2) is 4.21. The fourth-order valence-corrected chi connectivity index (χ4v) is 3.96. The van der Waals surface area contributed by atoms with Gasteiger partial charge in [0.15, 0.2) is 0 Å². The third-order valence-electron chi connectivity index (χ3n) is 4.71. The molecule has 0 spiro atoms. The minimum absolute atomic E-state index is 0.340. The monoisotopic (exact) mass is 241 g/mol. The van der Waals surface area contributed by atoms with Gasteiger partial charge in [-0.1, -0.05) is 6.42 Å². The standard InChI is InChI=1S/C13H20ClNO/c14-8-4-6-9(7-5-8)15-13(16)12-10-2-1-3-11(10)12/h8-12H,1-7H2,(H,15,16). The molecule has 0 aromatic rings. The van der Waals surface area contributed by atoms with E-state index in [1.807, 2.05) is 0 Å². The number of halogens is 1. The highest BCUT2D eigenvalue weighted by atomic mass is 35.5. The van der Waals surface area contributed by atoms with Gasteiger partial charge >= 0.3 is 0 Å². The quantitative estimate of drug-likeness (QED) is 0.740. The van der Waals surface area contributed by atoms with Gasteiger partial charge in [-0.15, -0.1) is 11.6 Å². The normalized spacial score (nSPS) is 46.2. The number of carbonyl (C=O) groups is 1. The predicted molar refractivity (Wildman–Crippen MR) is 64.4 cm³/mol. The van der Waals surface area contributed by atoms with Crippen LogP contribution in [0.25, 0.3) is 0 Å². The summed E-state index contributed by atoms with van der Waals surface area (Å²) in [5, 5.41) is 3.57. The molecule has 3 fully saturated rings. The number of amides is 1. The number of fused-ring (bicyclic) bond motifs is 1. The van der Waals surface area contributed by atoms with E-state index in [0.717, 1.165) is 37.5 Å². The molecule has 3 rings (SSSR count). The lowest BCUT2D eigenvalue weighted by atomic mass is 9.94. The molecule has 2 unspecified atom stereocenters. The number of hydrogen-bond donors (Lipinski definition) is 1. The zero-order valence-electron chi connectivity index (χ0n) is 9.62. The molecule has 16 heavy (non-hydrogen) atoms. The van der Waals surface area contributed by atoms with Gasteiger partial charge in [-0.2, -0.15) is 0 Å². The summed E-state index contributed by atoms with van der Waals surface area (Å²) in [6.45, 7) is 0. The summed E-state index contributed by atoms with van der Waals surface area (Å²) in [4.78, 5) is 12.0. The van der Waals surface area contributed by atoms with Crippen molar-refractivity contribution in [1.82, 2.24) is 5.32 Å². The summed E-state index contributed by atoms with van der Waals surface area (Å²) in [6, 6.07) is 0.406. The SMILES string of the molecule is O=C(NC1CCC(Cl)CC1)C1C2CCCC21. The van der Waals surface area contributed by atoms with Gasteiger partial charge in [0.05, 0.1) is 0 Å². The van der Waals surface area contributed by atoms with Gasteiger partial charge in [0.1, 0.15) is 0 Å². The third kappa shape index (κ3) is 1.97. The van der Waals surface area contributed by atoms with Crippen LogP contribution in [0, 0.1) is 17.8 Å². The Balaban J connectivity index is 1.47. The maximum atomic E-state index is 12.0. The molecule has 0 aromatic carbocycles. The highest BCUT2D eigenvalue weighted by molar-refractivity contribution is 6.20. The molecule has 0 aliphatic heterocycles. The summed E-state index contributed by atoms with van der Waals surface area (Å²) in [5.74, 6) is 2.20. The zero-order valence-corrected chi connectivity index (χ0v) is 10.4. The molecule has 0 saturated heterocycles. The highest BCUT2D eigenvalue weighted by Gasteiger charge is 2.56. The van der Waals surface area contributed by atoms with Crippen molar-refractivity contribution in [3.63, 3.8) is 0 Å². The van der Waals surface area contributed by atoms with E-state index in [-0.39, 0.29) is 0 Å². The Morgan fingerprint density at radius 3 is 2.25 bits per heavy atom. The second-order valence-corrected chi connectivity index (χ2v) is 6.36. The lowest BCUT2D eigenvalue weighted by Gasteiger charge is -2.26. The highest BCUT2D eigenvalue weighted by Crippen LogP contribution is 2.57. The first-order valence-corrected chi connectivity index (χ1v) is 7.14. The molecule has 3 aliphatic carbocycles. The number of rotatable bonds is 2. The van der Waals surface area contributed by atoms with Gasteiger partial charge in [-0.25, -0.2) is 0 Å². The molecule has 0 radical (unpaired) electrons. The first-order valence-electron chi connectivity index (χ1n) is 6.70. The number of nitrogens with one attached hydrogen (secondary N) is 1. The Labute approximate surface area is 102 Å². The van der Waals surface area contributed by atoms with Crippen LogP contribution in [0.2, 0.25) is 0 Å². The summed E-state index contributed by atoms with van der Waals surface area (Å²) >= 11 is 6.06. The fourth-order valence-electron chi connectivity index (χ4n) is 3.70. The van der Waals surface area contributed by atoms with Crippen LogP contribution in [0.1, 0.15) is 44.9 Å². The molecule has 0 aromatic heterocycles. The molecular formula is C13H20ClNO. The molecule has 2 nitrogen and oxygen atoms in total. The molecule has 2 atom stereocenters. The van der Waals surface area contributed by atoms with Gasteiger partial charge < -0.3 is 5.32 Å². The van der Waals surface area contributed by atoms with Crippen LogP contribution in [0.5, 0.6) is 0 Å². The van der Waals surface area contributed by atoms with Crippen molar-refractivity contribution < 1.29 is 4.79 Å². The van der Waals surface area contributed by atoms with Crippen molar-refractivity contribution in [3.05, 3.63) is 0 Å². The van der Waals surface area contributed by atoms with Crippen molar-refractivity contribution in [3.8, 4) is 0 Å². The Hall–Kier alpha value is -0.240. The van der Waals surface area contributed by atoms with E-state index in [2.05, 4.69) is 5.32 Å². The van der Waals surface area contributed by atoms with Crippen LogP contribution in [-0.2, 0) is 4.79 Å². The van der Waals surface area contributed by atoms with Gasteiger partial charge in [0.25, 0.3) is 0 Å². The van der Waals surface area contributed by atoms with Crippen molar-refractivity contribution in [2.45, 2.75) is 56.4 Å². The van der Waals surface area contributed by atoms with Crippen LogP contribution in [0.15, 0.2) is 0 Å². The lowest BCUT2D eigenvalue weighted by Crippen LogP contribution is -2.39. The molecule has 0 heterocycles. The molecule has 3 saturated carbocycles. The van der Waals surface area contributed by atoms with Crippen molar-refractivity contribution in [2.24, 2.45) is 17.8 Å². The Morgan fingerprint density at radius 2 is 1.62 bits per heavy atom. The topological polar surface area (TPSA) is 29.1 Å². The largest absolute Gasteiger partial charge is 0.353 e. The van der Waals surface area contributed by atoms with E-state index in [9.17, 15) is 4.79 Å². The average Bonchev–Trinajstić information content (AvgIpc) is 2.76. The van der Waals surface area contributed by atoms with E-state index in [1.165, 1.54) is 19.3 Å². The zero-order chi connectivity index (χ0) is 11.1. The maximum absolute atomic E-state index is 12.0. The molecule has 90 valence electrons. The Bertz CT molecular complexity index is 276. The minimum atomic E-state index is 0.340. The molecule has 3 aliphatic rings. The fraction of sp³-hybridized carbons (Fsp3) is 0.923. The molecule has 0 bridgehead atoms. The van der Waals surface area contributed by atoms with Crippen LogP contribution < -0.4 is 5.32 Å². The Morgan fingerprint density at radius 1 is 1.00 bits per heavy atom. The van der Waals surface area contributed by atoms with Crippen LogP contribution >= 0.6 is 11.6 Å². The van der Waals surface area contributed by atoms with Crippen molar-refractivity contribution in [1.29, 1.82) is 0 Å². The van der Waals surface area contributed by atoms with Crippen molar-refractivity contribution in [2.75, 3.05) is 0 Å². The minimum Gasteiger partial charge on any atom is -0.353 e. The predicted octanol–water partition coefficient (Wildman–Crippen LogP) is 2.70. The van der Waals surface area contributed by atoms with E-state index >= 15 is 0 Å². The lowest BCUT2D eigenvalue weighted by molar-refractivity contribution is -0.124. The van der Waals surface area contributed by atoms with Gasteiger partial charge in [0.2, 0.25) is 5.91 Å². The van der Waals surface area contributed by atoms with E-state index in [1.54, 1.807) is 0 Å². The average molecular weight is 242 g/mol. The Kier molecular flexibility index (Phi) is 2.87. The molecule has 3 heteroatoms. The summed E-state index contributed by atoms with van der Waals surface area (Å²) < 4.78 is 0. The van der Waals surface area contributed by atoms with Gasteiger partial charge in [-0.3, -0.25) is 4.79 Å². The number of alkyl halides is 1. The maximum Gasteiger partial charge on any atom is 0.223 e. The smallest absolute Gasteiger partial charge is 0.223 e. The molecule has 1 amide bonds. The molecule has 1 N–H and O–H groups in total. The molecular weight excluding hydrogens is 222 g/mol. The van der Waals surface area contributed by atoms with Crippen LogP contribution in [0.4, 0.5) is 0 Å². The second-order valence-electron chi connectivity index (χ2n) is 5.74. The summed E-state index contributed by atoms with van der Waals surface area (Å²) in [6.07, 6.45) is 8.18. The van der Waals surface area contributed by atoms with Crippen LogP contribution in [-0.4, -0.2) is 17.3 Å². The van der Waals surface area contributed by atoms with E-state index < -0.39 is 0 Å². The number of hydrogen-bond acceptors (Lipinski definition) is 1. The van der Waals surface area contributed by atoms with Gasteiger partial charge in [-0.05, 0) is 50.4 Å². The summed E-state index contributed by atoms with van der Waals surface area (Å²) in [5.41, 5.74) is 0. The van der Waals surface area contributed by atoms with Crippen LogP contribution in [0.3, 0.4) is 0 Å². The van der Waals surface area contributed by atoms with E-state index in [0.29, 0.717) is 23.2 Å². The van der Waals surface area contributed by atoms with Crippen molar-refractivity contribution >= 4 is 17.5 Å². The van der Waals surface area contributed by atoms with Gasteiger partial charge in [0, 0.05) is 17.3 Å². The number of carbonyl (C=O) groups excluding carboxylic acids is 1. The summed E-state index contributed by atoms with van der Waals surface area (Å²) in [7, 11) is 0. The van der Waals surface area contributed by atoms with E-state index in [4.69, 9.17) is 11.6 Å². The first-order chi connectivity index (χ1) is 7.75. The first kappa shape index (κ1) is 10.9.